The molecule has 0 bridgehead atoms. The molecule has 1 amide bonds. The largest absolute Gasteiger partial charge is 0.379 e. The molecule has 0 aliphatic rings. The lowest BCUT2D eigenvalue weighted by Gasteiger charge is -2.13. The number of para-hydroxylation sites is 2. The number of ether oxygens (including phenoxy) is 2. The van der Waals surface area contributed by atoms with Crippen molar-refractivity contribution in [3.8, 4) is 0 Å². The number of anilines is 3. The van der Waals surface area contributed by atoms with Gasteiger partial charge >= 0.3 is 0 Å². The second-order valence-corrected chi connectivity index (χ2v) is 6.44. The van der Waals surface area contributed by atoms with Crippen molar-refractivity contribution in [2.75, 3.05) is 30.5 Å². The minimum Gasteiger partial charge on any atom is -0.379 e. The first kappa shape index (κ1) is 20.6. The zero-order chi connectivity index (χ0) is 20.3. The molecule has 3 aromatic carbocycles. The van der Waals surface area contributed by atoms with Gasteiger partial charge in [0.05, 0.1) is 31.1 Å². The highest BCUT2D eigenvalue weighted by Crippen LogP contribution is 2.22. The number of carbonyl (C=O) groups excluding carboxylic acids is 1. The molecule has 29 heavy (non-hydrogen) atoms. The number of nitrogens with one attached hydrogen (secondary N) is 2. The molecular weight excluding hydrogens is 364 g/mol. The van der Waals surface area contributed by atoms with Crippen molar-refractivity contribution in [2.45, 2.75) is 13.5 Å². The Morgan fingerprint density at radius 3 is 2.38 bits per heavy atom. The van der Waals surface area contributed by atoms with E-state index in [2.05, 4.69) is 10.6 Å². The van der Waals surface area contributed by atoms with Crippen molar-refractivity contribution in [2.24, 2.45) is 0 Å². The summed E-state index contributed by atoms with van der Waals surface area (Å²) in [4.78, 5) is 12.9. The molecule has 5 nitrogen and oxygen atoms in total. The highest BCUT2D eigenvalue weighted by Gasteiger charge is 2.11. The van der Waals surface area contributed by atoms with Crippen molar-refractivity contribution in [3.05, 3.63) is 90.0 Å². The van der Waals surface area contributed by atoms with Crippen LogP contribution in [0.15, 0.2) is 78.9 Å². The summed E-state index contributed by atoms with van der Waals surface area (Å²) >= 11 is 0. The van der Waals surface area contributed by atoms with E-state index in [4.69, 9.17) is 9.47 Å². The minimum absolute atomic E-state index is 0.168. The molecule has 0 aliphatic heterocycles. The summed E-state index contributed by atoms with van der Waals surface area (Å²) in [6, 6.07) is 24.9. The van der Waals surface area contributed by atoms with E-state index < -0.39 is 0 Å². The number of amides is 1. The van der Waals surface area contributed by atoms with E-state index in [1.807, 2.05) is 79.7 Å². The first-order chi connectivity index (χ1) is 14.3. The van der Waals surface area contributed by atoms with Gasteiger partial charge in [-0.05, 0) is 48.9 Å². The van der Waals surface area contributed by atoms with Crippen LogP contribution in [0.3, 0.4) is 0 Å². The summed E-state index contributed by atoms with van der Waals surface area (Å²) in [5.74, 6) is -0.168. The lowest BCUT2D eigenvalue weighted by atomic mass is 10.1. The molecule has 0 aromatic heterocycles. The highest BCUT2D eigenvalue weighted by molar-refractivity contribution is 6.08. The normalized spacial score (nSPS) is 10.5. The molecule has 0 radical (unpaired) electrons. The fourth-order valence-electron chi connectivity index (χ4n) is 2.86. The molecule has 0 fully saturated rings. The monoisotopic (exact) mass is 390 g/mol. The van der Waals surface area contributed by atoms with Gasteiger partial charge in [0, 0.05) is 18.0 Å². The second-order valence-electron chi connectivity index (χ2n) is 6.44. The van der Waals surface area contributed by atoms with Crippen LogP contribution in [-0.4, -0.2) is 25.7 Å². The lowest BCUT2D eigenvalue weighted by Crippen LogP contribution is -2.14. The number of hydrogen-bond donors (Lipinski definition) is 2. The van der Waals surface area contributed by atoms with E-state index in [-0.39, 0.29) is 5.91 Å². The van der Waals surface area contributed by atoms with Crippen molar-refractivity contribution in [1.82, 2.24) is 0 Å². The summed E-state index contributed by atoms with van der Waals surface area (Å²) in [6.07, 6.45) is 0. The Bertz CT molecular complexity index is 913. The Hall–Kier alpha value is -3.15. The molecule has 0 saturated carbocycles. The highest BCUT2D eigenvalue weighted by atomic mass is 16.5. The summed E-state index contributed by atoms with van der Waals surface area (Å²) in [5, 5.41) is 6.28. The maximum atomic E-state index is 12.9. The average molecular weight is 390 g/mol. The molecule has 2 N–H and O–H groups in total. The molecule has 0 atom stereocenters. The summed E-state index contributed by atoms with van der Waals surface area (Å²) < 4.78 is 10.9. The number of hydrogen-bond acceptors (Lipinski definition) is 4. The van der Waals surface area contributed by atoms with Crippen LogP contribution in [0, 0.1) is 0 Å². The zero-order valence-corrected chi connectivity index (χ0v) is 16.6. The Morgan fingerprint density at radius 1 is 0.828 bits per heavy atom. The van der Waals surface area contributed by atoms with Crippen LogP contribution < -0.4 is 10.6 Å². The number of rotatable bonds is 10. The fourth-order valence-corrected chi connectivity index (χ4v) is 2.86. The van der Waals surface area contributed by atoms with Crippen LogP contribution in [0.4, 0.5) is 17.1 Å². The topological polar surface area (TPSA) is 59.6 Å². The van der Waals surface area contributed by atoms with Gasteiger partial charge in [-0.1, -0.05) is 42.5 Å². The van der Waals surface area contributed by atoms with E-state index >= 15 is 0 Å². The molecule has 0 unspecified atom stereocenters. The van der Waals surface area contributed by atoms with Crippen molar-refractivity contribution < 1.29 is 14.3 Å². The maximum Gasteiger partial charge on any atom is 0.257 e. The molecule has 150 valence electrons. The van der Waals surface area contributed by atoms with E-state index in [1.54, 1.807) is 6.07 Å². The quantitative estimate of drug-likeness (QED) is 0.465. The predicted octanol–water partition coefficient (Wildman–Crippen LogP) is 5.24. The average Bonchev–Trinajstić information content (AvgIpc) is 2.75. The van der Waals surface area contributed by atoms with E-state index in [1.165, 1.54) is 0 Å². The zero-order valence-electron chi connectivity index (χ0n) is 16.6. The standard InChI is InChI=1S/C24H26N2O3/c1-2-28-15-16-29-18-19-9-8-12-21(17-19)26-24(27)22-13-6-7-14-23(22)25-20-10-4-3-5-11-20/h3-14,17,25H,2,15-16,18H2,1H3,(H,26,27). The molecule has 5 heteroatoms. The Kier molecular flexibility index (Phi) is 7.81. The van der Waals surface area contributed by atoms with E-state index in [0.29, 0.717) is 32.0 Å². The van der Waals surface area contributed by atoms with Crippen LogP contribution in [-0.2, 0) is 16.1 Å². The van der Waals surface area contributed by atoms with Gasteiger partial charge in [0.25, 0.3) is 5.91 Å². The van der Waals surface area contributed by atoms with Gasteiger partial charge < -0.3 is 20.1 Å². The first-order valence-corrected chi connectivity index (χ1v) is 9.73. The number of carbonyl (C=O) groups is 1. The van der Waals surface area contributed by atoms with Gasteiger partial charge in [-0.25, -0.2) is 0 Å². The van der Waals surface area contributed by atoms with Crippen LogP contribution >= 0.6 is 0 Å². The summed E-state index contributed by atoms with van der Waals surface area (Å²) in [7, 11) is 0. The van der Waals surface area contributed by atoms with Crippen LogP contribution in [0.5, 0.6) is 0 Å². The first-order valence-electron chi connectivity index (χ1n) is 9.73. The van der Waals surface area contributed by atoms with Gasteiger partial charge in [-0.2, -0.15) is 0 Å². The molecule has 0 saturated heterocycles. The minimum atomic E-state index is -0.168. The molecule has 3 aromatic rings. The predicted molar refractivity (Wildman–Crippen MR) is 117 cm³/mol. The molecule has 0 spiro atoms. The fraction of sp³-hybridized carbons (Fsp3) is 0.208. The lowest BCUT2D eigenvalue weighted by molar-refractivity contribution is 0.0453. The van der Waals surface area contributed by atoms with Crippen LogP contribution in [0.1, 0.15) is 22.8 Å². The Morgan fingerprint density at radius 2 is 1.55 bits per heavy atom. The third-order valence-electron chi connectivity index (χ3n) is 4.25. The molecule has 0 heterocycles. The third kappa shape index (κ3) is 6.45. The summed E-state index contributed by atoms with van der Waals surface area (Å²) in [5.41, 5.74) is 3.99. The van der Waals surface area contributed by atoms with E-state index in [0.717, 1.165) is 22.6 Å². The van der Waals surface area contributed by atoms with Gasteiger partial charge in [-0.15, -0.1) is 0 Å². The van der Waals surface area contributed by atoms with Crippen molar-refractivity contribution in [1.29, 1.82) is 0 Å². The van der Waals surface area contributed by atoms with Crippen LogP contribution in [0.25, 0.3) is 0 Å². The Balaban J connectivity index is 1.64. The van der Waals surface area contributed by atoms with Gasteiger partial charge in [-0.3, -0.25) is 4.79 Å². The van der Waals surface area contributed by atoms with Crippen molar-refractivity contribution >= 4 is 23.0 Å². The molecular formula is C24H26N2O3. The third-order valence-corrected chi connectivity index (χ3v) is 4.25. The van der Waals surface area contributed by atoms with Gasteiger partial charge in [0.1, 0.15) is 0 Å². The van der Waals surface area contributed by atoms with E-state index in [9.17, 15) is 4.79 Å². The Labute approximate surface area is 171 Å². The smallest absolute Gasteiger partial charge is 0.257 e. The van der Waals surface area contributed by atoms with Gasteiger partial charge in [0.15, 0.2) is 0 Å². The van der Waals surface area contributed by atoms with Crippen molar-refractivity contribution in [3.63, 3.8) is 0 Å². The van der Waals surface area contributed by atoms with Gasteiger partial charge in [0.2, 0.25) is 0 Å². The number of benzene rings is 3. The maximum absolute atomic E-state index is 12.9. The molecule has 0 aliphatic carbocycles. The summed E-state index contributed by atoms with van der Waals surface area (Å²) in [6.45, 7) is 4.25. The second kappa shape index (κ2) is 11.0. The SMILES string of the molecule is CCOCCOCc1cccc(NC(=O)c2ccccc2Nc2ccccc2)c1. The van der Waals surface area contributed by atoms with Crippen LogP contribution in [0.2, 0.25) is 0 Å². The molecule has 3 rings (SSSR count).